The van der Waals surface area contributed by atoms with Crippen LogP contribution in [0.25, 0.3) is 10.2 Å². The van der Waals surface area contributed by atoms with Gasteiger partial charge in [0.15, 0.2) is 5.13 Å². The van der Waals surface area contributed by atoms with Crippen molar-refractivity contribution < 1.29 is 4.79 Å². The Morgan fingerprint density at radius 3 is 2.61 bits per heavy atom. The molecule has 0 fully saturated rings. The van der Waals surface area contributed by atoms with Crippen molar-refractivity contribution >= 4 is 32.6 Å². The van der Waals surface area contributed by atoms with Crippen molar-refractivity contribution in [2.75, 3.05) is 4.90 Å². The number of aryl methyl sites for hydroxylation is 3. The van der Waals surface area contributed by atoms with E-state index in [4.69, 9.17) is 4.98 Å². The van der Waals surface area contributed by atoms with E-state index in [-0.39, 0.29) is 5.91 Å². The first-order valence-corrected chi connectivity index (χ1v) is 10.1. The molecule has 4 rings (SSSR count). The number of hydrogen-bond donors (Lipinski definition) is 0. The van der Waals surface area contributed by atoms with Gasteiger partial charge in [0, 0.05) is 12.7 Å². The van der Waals surface area contributed by atoms with Gasteiger partial charge >= 0.3 is 0 Å². The number of fused-ring (bicyclic) bond motifs is 1. The third-order valence-corrected chi connectivity index (χ3v) is 5.93. The number of thiazole rings is 1. The Morgan fingerprint density at radius 2 is 1.86 bits per heavy atom. The molecular formula is C22H22N4OS. The number of hydrogen-bond acceptors (Lipinski definition) is 4. The van der Waals surface area contributed by atoms with E-state index in [1.807, 2.05) is 37.3 Å². The number of carbonyl (C=O) groups is 1. The molecule has 2 aromatic heterocycles. The second-order valence-corrected chi connectivity index (χ2v) is 7.82. The SMILES string of the molecule is CCn1nccc1C(=O)N(Cc1ccccc1)c1nc2cc(C)c(C)cc2s1. The molecule has 0 saturated carbocycles. The maximum Gasteiger partial charge on any atom is 0.278 e. The van der Waals surface area contributed by atoms with Gasteiger partial charge in [-0.3, -0.25) is 14.4 Å². The van der Waals surface area contributed by atoms with Gasteiger partial charge in [-0.05, 0) is 55.7 Å². The minimum absolute atomic E-state index is 0.0873. The number of rotatable bonds is 5. The van der Waals surface area contributed by atoms with E-state index < -0.39 is 0 Å². The fourth-order valence-corrected chi connectivity index (χ4v) is 4.22. The lowest BCUT2D eigenvalue weighted by Crippen LogP contribution is -2.32. The van der Waals surface area contributed by atoms with E-state index in [0.717, 1.165) is 15.8 Å². The number of amides is 1. The summed E-state index contributed by atoms with van der Waals surface area (Å²) >= 11 is 1.55. The van der Waals surface area contributed by atoms with Crippen LogP contribution in [0, 0.1) is 13.8 Å². The Bertz CT molecular complexity index is 1090. The van der Waals surface area contributed by atoms with Crippen molar-refractivity contribution in [2.45, 2.75) is 33.9 Å². The molecule has 2 aromatic carbocycles. The first kappa shape index (κ1) is 18.4. The normalized spacial score (nSPS) is 11.1. The van der Waals surface area contributed by atoms with Crippen molar-refractivity contribution in [3.8, 4) is 0 Å². The van der Waals surface area contributed by atoms with Crippen LogP contribution in [0.1, 0.15) is 34.1 Å². The molecule has 0 aliphatic heterocycles. The van der Waals surface area contributed by atoms with Crippen LogP contribution < -0.4 is 4.90 Å². The van der Waals surface area contributed by atoms with Crippen LogP contribution in [0.5, 0.6) is 0 Å². The molecule has 28 heavy (non-hydrogen) atoms. The van der Waals surface area contributed by atoms with Gasteiger partial charge < -0.3 is 0 Å². The zero-order valence-electron chi connectivity index (χ0n) is 16.2. The summed E-state index contributed by atoms with van der Waals surface area (Å²) in [6.07, 6.45) is 1.67. The average molecular weight is 391 g/mol. The van der Waals surface area contributed by atoms with Gasteiger partial charge in [0.05, 0.1) is 16.8 Å². The molecule has 4 aromatic rings. The highest BCUT2D eigenvalue weighted by Gasteiger charge is 2.24. The molecule has 142 valence electrons. The molecule has 0 unspecified atom stereocenters. The van der Waals surface area contributed by atoms with Gasteiger partial charge in [-0.2, -0.15) is 5.10 Å². The molecule has 0 aliphatic rings. The molecule has 0 bridgehead atoms. The number of carbonyl (C=O) groups excluding carboxylic acids is 1. The van der Waals surface area contributed by atoms with Gasteiger partial charge in [0.2, 0.25) is 0 Å². The maximum absolute atomic E-state index is 13.4. The standard InChI is InChI=1S/C22H22N4OS/c1-4-26-19(10-11-23-26)21(27)25(14-17-8-6-5-7-9-17)22-24-18-12-15(2)16(3)13-20(18)28-22/h5-13H,4,14H2,1-3H3. The lowest BCUT2D eigenvalue weighted by molar-refractivity contribution is 0.0975. The fourth-order valence-electron chi connectivity index (χ4n) is 3.18. The first-order valence-electron chi connectivity index (χ1n) is 9.32. The van der Waals surface area contributed by atoms with Crippen LogP contribution in [0.15, 0.2) is 54.7 Å². The number of nitrogens with zero attached hydrogens (tertiary/aromatic N) is 4. The highest BCUT2D eigenvalue weighted by Crippen LogP contribution is 2.32. The summed E-state index contributed by atoms with van der Waals surface area (Å²) in [4.78, 5) is 20.0. The van der Waals surface area contributed by atoms with Gasteiger partial charge in [-0.15, -0.1) is 0 Å². The van der Waals surface area contributed by atoms with Crippen LogP contribution in [0.3, 0.4) is 0 Å². The average Bonchev–Trinajstić information content (AvgIpc) is 3.33. The van der Waals surface area contributed by atoms with Gasteiger partial charge in [-0.1, -0.05) is 41.7 Å². The topological polar surface area (TPSA) is 51.0 Å². The van der Waals surface area contributed by atoms with E-state index >= 15 is 0 Å². The summed E-state index contributed by atoms with van der Waals surface area (Å²) < 4.78 is 2.81. The smallest absolute Gasteiger partial charge is 0.278 e. The predicted molar refractivity (Wildman–Crippen MR) is 114 cm³/mol. The Hall–Kier alpha value is -2.99. The molecule has 1 amide bonds. The number of benzene rings is 2. The third-order valence-electron chi connectivity index (χ3n) is 4.89. The highest BCUT2D eigenvalue weighted by molar-refractivity contribution is 7.22. The van der Waals surface area contributed by atoms with Crippen LogP contribution >= 0.6 is 11.3 Å². The van der Waals surface area contributed by atoms with Crippen molar-refractivity contribution in [2.24, 2.45) is 0 Å². The molecule has 5 nitrogen and oxygen atoms in total. The second-order valence-electron chi connectivity index (χ2n) is 6.81. The van der Waals surface area contributed by atoms with Crippen molar-refractivity contribution in [1.29, 1.82) is 0 Å². The monoisotopic (exact) mass is 390 g/mol. The summed E-state index contributed by atoms with van der Waals surface area (Å²) in [6, 6.07) is 16.0. The van der Waals surface area contributed by atoms with E-state index in [1.165, 1.54) is 11.1 Å². The Morgan fingerprint density at radius 1 is 1.11 bits per heavy atom. The van der Waals surface area contributed by atoms with Gasteiger partial charge in [0.25, 0.3) is 5.91 Å². The Balaban J connectivity index is 1.79. The lowest BCUT2D eigenvalue weighted by Gasteiger charge is -2.20. The van der Waals surface area contributed by atoms with E-state index in [2.05, 4.69) is 31.1 Å². The molecule has 0 N–H and O–H groups in total. The summed E-state index contributed by atoms with van der Waals surface area (Å²) in [7, 11) is 0. The molecule has 0 aliphatic carbocycles. The highest BCUT2D eigenvalue weighted by atomic mass is 32.1. The van der Waals surface area contributed by atoms with Gasteiger partial charge in [-0.25, -0.2) is 4.98 Å². The van der Waals surface area contributed by atoms with E-state index in [0.29, 0.717) is 23.9 Å². The minimum Gasteiger partial charge on any atom is -0.278 e. The second kappa shape index (κ2) is 7.56. The summed E-state index contributed by atoms with van der Waals surface area (Å²) in [5.74, 6) is -0.0873. The molecule has 0 atom stereocenters. The minimum atomic E-state index is -0.0873. The van der Waals surface area contributed by atoms with Crippen molar-refractivity contribution in [1.82, 2.24) is 14.8 Å². The number of anilines is 1. The molecule has 2 heterocycles. The summed E-state index contributed by atoms with van der Waals surface area (Å²) in [5, 5.41) is 4.96. The maximum atomic E-state index is 13.4. The Labute approximate surface area is 168 Å². The number of aromatic nitrogens is 3. The first-order chi connectivity index (χ1) is 13.6. The van der Waals surface area contributed by atoms with E-state index in [9.17, 15) is 4.79 Å². The summed E-state index contributed by atoms with van der Waals surface area (Å²) in [6.45, 7) is 7.27. The summed E-state index contributed by atoms with van der Waals surface area (Å²) in [5.41, 5.74) is 5.00. The zero-order valence-corrected chi connectivity index (χ0v) is 17.0. The molecule has 6 heteroatoms. The van der Waals surface area contributed by atoms with Crippen LogP contribution in [0.4, 0.5) is 5.13 Å². The zero-order chi connectivity index (χ0) is 19.7. The third kappa shape index (κ3) is 3.43. The largest absolute Gasteiger partial charge is 0.278 e. The van der Waals surface area contributed by atoms with E-state index in [1.54, 1.807) is 33.2 Å². The van der Waals surface area contributed by atoms with Crippen molar-refractivity contribution in [3.05, 3.63) is 77.1 Å². The van der Waals surface area contributed by atoms with Crippen LogP contribution in [-0.2, 0) is 13.1 Å². The van der Waals surface area contributed by atoms with Crippen LogP contribution in [0.2, 0.25) is 0 Å². The lowest BCUT2D eigenvalue weighted by atomic mass is 10.1. The van der Waals surface area contributed by atoms with Crippen LogP contribution in [-0.4, -0.2) is 20.7 Å². The Kier molecular flexibility index (Phi) is 4.96. The molecule has 0 spiro atoms. The van der Waals surface area contributed by atoms with Gasteiger partial charge in [0.1, 0.15) is 5.69 Å². The predicted octanol–water partition coefficient (Wildman–Crippen LogP) is 4.98. The quantitative estimate of drug-likeness (QED) is 0.483. The molecule has 0 saturated heterocycles. The molecule has 0 radical (unpaired) electrons. The fraction of sp³-hybridized carbons (Fsp3) is 0.227. The molecular weight excluding hydrogens is 368 g/mol. The van der Waals surface area contributed by atoms with Crippen molar-refractivity contribution in [3.63, 3.8) is 0 Å².